The first-order valence-corrected chi connectivity index (χ1v) is 10.6. The molecule has 8 heteroatoms. The van der Waals surface area contributed by atoms with Gasteiger partial charge in [0.2, 0.25) is 5.91 Å². The topological polar surface area (TPSA) is 77.0 Å². The molecule has 0 bridgehead atoms. The van der Waals surface area contributed by atoms with E-state index in [9.17, 15) is 4.79 Å². The Bertz CT molecular complexity index is 994. The summed E-state index contributed by atoms with van der Waals surface area (Å²) in [5, 5.41) is 9.33. The normalized spacial score (nSPS) is 13.4. The predicted octanol–water partition coefficient (Wildman–Crippen LogP) is 3.71. The van der Waals surface area contributed by atoms with Crippen molar-refractivity contribution in [3.8, 4) is 11.4 Å². The van der Waals surface area contributed by atoms with Gasteiger partial charge in [-0.05, 0) is 44.0 Å². The highest BCUT2D eigenvalue weighted by atomic mass is 32.2. The van der Waals surface area contributed by atoms with Crippen LogP contribution in [0.4, 0.5) is 0 Å². The van der Waals surface area contributed by atoms with E-state index in [1.54, 1.807) is 18.5 Å². The van der Waals surface area contributed by atoms with Gasteiger partial charge in [-0.2, -0.15) is 0 Å². The van der Waals surface area contributed by atoms with Crippen LogP contribution in [-0.2, 0) is 17.9 Å². The van der Waals surface area contributed by atoms with Crippen LogP contribution in [0, 0.1) is 6.92 Å². The second-order valence-corrected chi connectivity index (χ2v) is 7.94. The number of allylic oxidation sites excluding steroid dienone is 1. The lowest BCUT2D eigenvalue weighted by atomic mass is 10.2. The Kier molecular flexibility index (Phi) is 5.80. The average Bonchev–Trinajstić information content (AvgIpc) is 3.37. The fraction of sp³-hybridized carbons (Fsp3) is 0.333. The second kappa shape index (κ2) is 8.65. The third-order valence-electron chi connectivity index (χ3n) is 4.72. The van der Waals surface area contributed by atoms with Gasteiger partial charge in [-0.15, -0.1) is 16.8 Å². The molecule has 7 nitrogen and oxygen atoms in total. The first-order chi connectivity index (χ1) is 14.2. The maximum Gasteiger partial charge on any atom is 0.233 e. The number of thioether (sulfide) groups is 1. The van der Waals surface area contributed by atoms with Crippen LogP contribution in [0.2, 0.25) is 0 Å². The van der Waals surface area contributed by atoms with E-state index in [1.165, 1.54) is 11.8 Å². The lowest BCUT2D eigenvalue weighted by Gasteiger charge is -2.21. The summed E-state index contributed by atoms with van der Waals surface area (Å²) in [7, 11) is 0. The monoisotopic (exact) mass is 409 g/mol. The molecule has 1 fully saturated rings. The molecular formula is C21H23N5O2S. The van der Waals surface area contributed by atoms with Crippen LogP contribution in [0.1, 0.15) is 24.4 Å². The van der Waals surface area contributed by atoms with Gasteiger partial charge >= 0.3 is 0 Å². The van der Waals surface area contributed by atoms with Crippen molar-refractivity contribution in [3.05, 3.63) is 60.8 Å². The van der Waals surface area contributed by atoms with Gasteiger partial charge in [-0.25, -0.2) is 0 Å². The zero-order chi connectivity index (χ0) is 20.2. The van der Waals surface area contributed by atoms with Gasteiger partial charge in [0.15, 0.2) is 11.0 Å². The number of carbonyl (C=O) groups is 1. The van der Waals surface area contributed by atoms with Gasteiger partial charge < -0.3 is 9.32 Å². The van der Waals surface area contributed by atoms with Crippen molar-refractivity contribution in [1.29, 1.82) is 0 Å². The van der Waals surface area contributed by atoms with Gasteiger partial charge in [0.05, 0.1) is 12.3 Å². The molecule has 1 saturated carbocycles. The fourth-order valence-corrected chi connectivity index (χ4v) is 3.99. The smallest absolute Gasteiger partial charge is 0.233 e. The van der Waals surface area contributed by atoms with Gasteiger partial charge in [0.1, 0.15) is 11.5 Å². The van der Waals surface area contributed by atoms with Crippen molar-refractivity contribution in [2.45, 2.75) is 44.1 Å². The van der Waals surface area contributed by atoms with Gasteiger partial charge in [-0.1, -0.05) is 17.8 Å². The van der Waals surface area contributed by atoms with E-state index >= 15 is 0 Å². The summed E-state index contributed by atoms with van der Waals surface area (Å²) in [4.78, 5) is 18.9. The summed E-state index contributed by atoms with van der Waals surface area (Å²) >= 11 is 1.40. The molecule has 0 N–H and O–H groups in total. The minimum atomic E-state index is 0.0881. The summed E-state index contributed by atoms with van der Waals surface area (Å²) in [6.07, 6.45) is 7.35. The first kappa shape index (κ1) is 19.4. The van der Waals surface area contributed by atoms with E-state index in [1.807, 2.05) is 40.7 Å². The maximum absolute atomic E-state index is 12.9. The largest absolute Gasteiger partial charge is 0.464 e. The summed E-state index contributed by atoms with van der Waals surface area (Å²) in [6, 6.07) is 7.96. The molecule has 3 aromatic rings. The molecule has 3 heterocycles. The number of aromatic nitrogens is 4. The highest BCUT2D eigenvalue weighted by Crippen LogP contribution is 2.30. The third-order valence-corrected chi connectivity index (χ3v) is 5.67. The lowest BCUT2D eigenvalue weighted by Crippen LogP contribution is -2.33. The quantitative estimate of drug-likeness (QED) is 0.396. The van der Waals surface area contributed by atoms with E-state index in [-0.39, 0.29) is 5.91 Å². The molecule has 0 radical (unpaired) electrons. The maximum atomic E-state index is 12.9. The number of furan rings is 1. The van der Waals surface area contributed by atoms with Crippen LogP contribution >= 0.6 is 11.8 Å². The molecule has 29 heavy (non-hydrogen) atoms. The molecule has 0 unspecified atom stereocenters. The van der Waals surface area contributed by atoms with Gasteiger partial charge in [-0.3, -0.25) is 14.3 Å². The fourth-order valence-electron chi connectivity index (χ4n) is 3.16. The van der Waals surface area contributed by atoms with Crippen molar-refractivity contribution in [1.82, 2.24) is 24.6 Å². The van der Waals surface area contributed by atoms with Crippen LogP contribution in [0.3, 0.4) is 0 Å². The molecule has 4 rings (SSSR count). The molecule has 0 aliphatic heterocycles. The number of rotatable bonds is 9. The Morgan fingerprint density at radius 2 is 2.10 bits per heavy atom. The van der Waals surface area contributed by atoms with Crippen molar-refractivity contribution >= 4 is 17.7 Å². The van der Waals surface area contributed by atoms with Crippen LogP contribution in [-0.4, -0.2) is 42.4 Å². The van der Waals surface area contributed by atoms with E-state index in [0.717, 1.165) is 35.7 Å². The number of hydrogen-bond donors (Lipinski definition) is 0. The molecule has 1 aliphatic carbocycles. The van der Waals surface area contributed by atoms with Crippen LogP contribution < -0.4 is 0 Å². The van der Waals surface area contributed by atoms with Crippen LogP contribution in [0.25, 0.3) is 11.4 Å². The number of amides is 1. The van der Waals surface area contributed by atoms with Gasteiger partial charge in [0.25, 0.3) is 0 Å². The van der Waals surface area contributed by atoms with Gasteiger partial charge in [0, 0.05) is 30.5 Å². The van der Waals surface area contributed by atoms with Crippen LogP contribution in [0.15, 0.2) is 58.9 Å². The number of hydrogen-bond acceptors (Lipinski definition) is 6. The molecule has 150 valence electrons. The average molecular weight is 410 g/mol. The predicted molar refractivity (Wildman–Crippen MR) is 111 cm³/mol. The van der Waals surface area contributed by atoms with Crippen molar-refractivity contribution in [2.24, 2.45) is 0 Å². The molecule has 1 amide bonds. The lowest BCUT2D eigenvalue weighted by molar-refractivity contribution is -0.129. The van der Waals surface area contributed by atoms with Crippen LogP contribution in [0.5, 0.6) is 0 Å². The molecule has 0 atom stereocenters. The molecule has 0 saturated heterocycles. The van der Waals surface area contributed by atoms with E-state index in [4.69, 9.17) is 4.42 Å². The third kappa shape index (κ3) is 4.59. The minimum absolute atomic E-state index is 0.0881. The van der Waals surface area contributed by atoms with E-state index in [2.05, 4.69) is 21.8 Å². The highest BCUT2D eigenvalue weighted by Gasteiger charge is 2.33. The number of carbonyl (C=O) groups excluding carboxylic acids is 1. The standard InChI is InChI=1S/C21H23N5O2S/c1-3-12-25-20(16-8-10-22-11-9-16)23-24-21(25)29-14-19(27)26(17-5-6-17)13-18-7-4-15(2)28-18/h3-4,7-11,17H,1,5-6,12-14H2,2H3. The van der Waals surface area contributed by atoms with Crippen molar-refractivity contribution in [2.75, 3.05) is 5.75 Å². The highest BCUT2D eigenvalue weighted by molar-refractivity contribution is 7.99. The number of nitrogens with zero attached hydrogens (tertiary/aromatic N) is 5. The molecular weight excluding hydrogens is 386 g/mol. The Morgan fingerprint density at radius 3 is 2.76 bits per heavy atom. The summed E-state index contributed by atoms with van der Waals surface area (Å²) < 4.78 is 7.63. The summed E-state index contributed by atoms with van der Waals surface area (Å²) in [6.45, 7) is 6.83. The zero-order valence-corrected chi connectivity index (χ0v) is 17.1. The Morgan fingerprint density at radius 1 is 1.31 bits per heavy atom. The Balaban J connectivity index is 1.47. The Hall–Kier alpha value is -2.87. The Labute approximate surface area is 173 Å². The number of pyridine rings is 1. The molecule has 1 aliphatic rings. The molecule has 0 spiro atoms. The minimum Gasteiger partial charge on any atom is -0.464 e. The SMILES string of the molecule is C=CCn1c(SCC(=O)N(Cc2ccc(C)o2)C2CC2)nnc1-c1ccncc1. The van der Waals surface area contributed by atoms with Crippen molar-refractivity contribution in [3.63, 3.8) is 0 Å². The summed E-state index contributed by atoms with van der Waals surface area (Å²) in [5.41, 5.74) is 0.931. The molecule has 3 aromatic heterocycles. The zero-order valence-electron chi connectivity index (χ0n) is 16.3. The van der Waals surface area contributed by atoms with Crippen molar-refractivity contribution < 1.29 is 9.21 Å². The first-order valence-electron chi connectivity index (χ1n) is 9.58. The van der Waals surface area contributed by atoms with E-state index in [0.29, 0.717) is 30.0 Å². The van der Waals surface area contributed by atoms with E-state index < -0.39 is 0 Å². The second-order valence-electron chi connectivity index (χ2n) is 7.00. The molecule has 0 aromatic carbocycles. The number of aryl methyl sites for hydroxylation is 1. The summed E-state index contributed by atoms with van der Waals surface area (Å²) in [5.74, 6) is 2.82.